The Bertz CT molecular complexity index is 1070. The van der Waals surface area contributed by atoms with Crippen LogP contribution >= 0.6 is 15.9 Å². The SMILES string of the molecule is Cc1c(-c2nn(-c3ccccc3)cc2C=O)nnn1-c1ccc(Br)cc1. The summed E-state index contributed by atoms with van der Waals surface area (Å²) in [5.41, 5.74) is 4.15. The average Bonchev–Trinajstić information content (AvgIpc) is 3.26. The summed E-state index contributed by atoms with van der Waals surface area (Å²) < 4.78 is 4.40. The smallest absolute Gasteiger partial charge is 0.153 e. The molecular formula is C19H14BrN5O. The van der Waals surface area contributed by atoms with Gasteiger partial charge in [0.2, 0.25) is 0 Å². The number of nitrogens with zero attached hydrogens (tertiary/aromatic N) is 5. The first-order chi connectivity index (χ1) is 12.7. The zero-order chi connectivity index (χ0) is 18.1. The highest BCUT2D eigenvalue weighted by atomic mass is 79.9. The number of hydrogen-bond donors (Lipinski definition) is 0. The van der Waals surface area contributed by atoms with Gasteiger partial charge in [-0.3, -0.25) is 4.79 Å². The van der Waals surface area contributed by atoms with E-state index >= 15 is 0 Å². The Morgan fingerprint density at radius 1 is 0.962 bits per heavy atom. The highest BCUT2D eigenvalue weighted by molar-refractivity contribution is 9.10. The zero-order valence-corrected chi connectivity index (χ0v) is 15.5. The van der Waals surface area contributed by atoms with Crippen molar-refractivity contribution in [1.29, 1.82) is 0 Å². The van der Waals surface area contributed by atoms with Crippen molar-refractivity contribution < 1.29 is 4.79 Å². The normalized spacial score (nSPS) is 10.8. The lowest BCUT2D eigenvalue weighted by molar-refractivity contribution is 0.112. The molecule has 0 saturated heterocycles. The Balaban J connectivity index is 1.80. The van der Waals surface area contributed by atoms with E-state index in [0.717, 1.165) is 27.8 Å². The van der Waals surface area contributed by atoms with Crippen molar-refractivity contribution in [1.82, 2.24) is 24.8 Å². The molecule has 4 rings (SSSR count). The fourth-order valence-corrected chi connectivity index (χ4v) is 3.01. The molecule has 6 nitrogen and oxygen atoms in total. The van der Waals surface area contributed by atoms with Gasteiger partial charge < -0.3 is 0 Å². The van der Waals surface area contributed by atoms with Gasteiger partial charge >= 0.3 is 0 Å². The van der Waals surface area contributed by atoms with Crippen LogP contribution in [0.3, 0.4) is 0 Å². The van der Waals surface area contributed by atoms with E-state index in [4.69, 9.17) is 0 Å². The van der Waals surface area contributed by atoms with E-state index in [1.807, 2.05) is 61.5 Å². The van der Waals surface area contributed by atoms with Crippen LogP contribution in [-0.4, -0.2) is 31.1 Å². The number of aldehydes is 1. The van der Waals surface area contributed by atoms with Crippen LogP contribution in [0.1, 0.15) is 16.1 Å². The van der Waals surface area contributed by atoms with Crippen molar-refractivity contribution in [3.8, 4) is 22.8 Å². The molecular weight excluding hydrogens is 394 g/mol. The van der Waals surface area contributed by atoms with Crippen molar-refractivity contribution in [2.75, 3.05) is 0 Å². The third-order valence-electron chi connectivity index (χ3n) is 4.08. The van der Waals surface area contributed by atoms with Gasteiger partial charge in [0.25, 0.3) is 0 Å². The molecule has 4 aromatic rings. The minimum Gasteiger partial charge on any atom is -0.298 e. The van der Waals surface area contributed by atoms with Crippen LogP contribution in [0.25, 0.3) is 22.8 Å². The van der Waals surface area contributed by atoms with Gasteiger partial charge in [-0.15, -0.1) is 5.10 Å². The van der Waals surface area contributed by atoms with Crippen LogP contribution in [0.2, 0.25) is 0 Å². The molecule has 0 saturated carbocycles. The molecule has 0 fully saturated rings. The van der Waals surface area contributed by atoms with E-state index in [1.165, 1.54) is 0 Å². The molecule has 2 heterocycles. The summed E-state index contributed by atoms with van der Waals surface area (Å²) in [6, 6.07) is 17.4. The summed E-state index contributed by atoms with van der Waals surface area (Å²) in [6.07, 6.45) is 2.50. The maximum absolute atomic E-state index is 11.6. The minimum absolute atomic E-state index is 0.472. The van der Waals surface area contributed by atoms with E-state index < -0.39 is 0 Å². The first kappa shape index (κ1) is 16.4. The quantitative estimate of drug-likeness (QED) is 0.479. The van der Waals surface area contributed by atoms with Gasteiger partial charge in [-0.25, -0.2) is 9.36 Å². The molecule has 0 atom stereocenters. The molecule has 0 amide bonds. The van der Waals surface area contributed by atoms with Gasteiger partial charge in [-0.2, -0.15) is 5.10 Å². The summed E-state index contributed by atoms with van der Waals surface area (Å²) >= 11 is 3.43. The van der Waals surface area contributed by atoms with Gasteiger partial charge in [-0.1, -0.05) is 39.3 Å². The molecule has 0 spiro atoms. The fourth-order valence-electron chi connectivity index (χ4n) is 2.75. The largest absolute Gasteiger partial charge is 0.298 e. The van der Waals surface area contributed by atoms with Crippen molar-refractivity contribution >= 4 is 22.2 Å². The number of hydrogen-bond acceptors (Lipinski definition) is 4. The Kier molecular flexibility index (Phi) is 4.22. The molecule has 0 aliphatic rings. The van der Waals surface area contributed by atoms with Crippen LogP contribution in [0, 0.1) is 6.92 Å². The second-order valence-corrected chi connectivity index (χ2v) is 6.66. The number of aromatic nitrogens is 5. The van der Waals surface area contributed by atoms with Gasteiger partial charge in [0.15, 0.2) is 6.29 Å². The Morgan fingerprint density at radius 3 is 2.38 bits per heavy atom. The minimum atomic E-state index is 0.472. The zero-order valence-electron chi connectivity index (χ0n) is 13.9. The van der Waals surface area contributed by atoms with Crippen LogP contribution in [-0.2, 0) is 0 Å². The first-order valence-corrected chi connectivity index (χ1v) is 8.75. The number of carbonyl (C=O) groups excluding carboxylic acids is 1. The summed E-state index contributed by atoms with van der Waals surface area (Å²) in [7, 11) is 0. The third-order valence-corrected chi connectivity index (χ3v) is 4.61. The number of rotatable bonds is 4. The molecule has 128 valence electrons. The molecule has 0 aliphatic carbocycles. The van der Waals surface area contributed by atoms with Crippen LogP contribution in [0.5, 0.6) is 0 Å². The third kappa shape index (κ3) is 2.86. The molecule has 2 aromatic heterocycles. The number of carbonyl (C=O) groups is 1. The highest BCUT2D eigenvalue weighted by Crippen LogP contribution is 2.25. The van der Waals surface area contributed by atoms with Gasteiger partial charge in [0, 0.05) is 10.7 Å². The summed E-state index contributed by atoms with van der Waals surface area (Å²) in [6.45, 7) is 1.91. The van der Waals surface area contributed by atoms with Gasteiger partial charge in [-0.05, 0) is 43.3 Å². The lowest BCUT2D eigenvalue weighted by Gasteiger charge is -2.03. The van der Waals surface area contributed by atoms with Crippen LogP contribution < -0.4 is 0 Å². The lowest BCUT2D eigenvalue weighted by Crippen LogP contribution is -1.99. The molecule has 0 aliphatic heterocycles. The molecule has 0 N–H and O–H groups in total. The maximum atomic E-state index is 11.6. The molecule has 0 bridgehead atoms. The summed E-state index contributed by atoms with van der Waals surface area (Å²) in [5.74, 6) is 0. The first-order valence-electron chi connectivity index (χ1n) is 7.96. The summed E-state index contributed by atoms with van der Waals surface area (Å²) in [4.78, 5) is 11.6. The monoisotopic (exact) mass is 407 g/mol. The van der Waals surface area contributed by atoms with Crippen LogP contribution in [0.4, 0.5) is 0 Å². The molecule has 26 heavy (non-hydrogen) atoms. The lowest BCUT2D eigenvalue weighted by atomic mass is 10.2. The Hall–Kier alpha value is -3.06. The van der Waals surface area contributed by atoms with Crippen molar-refractivity contribution in [2.45, 2.75) is 6.92 Å². The molecule has 0 radical (unpaired) electrons. The average molecular weight is 408 g/mol. The molecule has 7 heteroatoms. The topological polar surface area (TPSA) is 65.6 Å². The Morgan fingerprint density at radius 2 is 1.69 bits per heavy atom. The predicted octanol–water partition coefficient (Wildman–Crippen LogP) is 4.00. The van der Waals surface area contributed by atoms with Crippen molar-refractivity contribution in [3.05, 3.63) is 76.5 Å². The number of para-hydroxylation sites is 1. The van der Waals surface area contributed by atoms with Crippen molar-refractivity contribution in [3.63, 3.8) is 0 Å². The number of benzene rings is 2. The Labute approximate surface area is 158 Å². The maximum Gasteiger partial charge on any atom is 0.153 e. The fraction of sp³-hybridized carbons (Fsp3) is 0.0526. The number of halogens is 1. The molecule has 2 aromatic carbocycles. The second kappa shape index (κ2) is 6.68. The summed E-state index contributed by atoms with van der Waals surface area (Å²) in [5, 5.41) is 13.1. The van der Waals surface area contributed by atoms with E-state index in [9.17, 15) is 4.79 Å². The standard InChI is InChI=1S/C19H14BrN5O/c1-13-18(21-23-25(13)17-9-7-15(20)8-10-17)19-14(12-26)11-24(22-19)16-5-3-2-4-6-16/h2-12H,1H3. The van der Waals surface area contributed by atoms with E-state index in [-0.39, 0.29) is 0 Å². The predicted molar refractivity (Wildman–Crippen MR) is 102 cm³/mol. The second-order valence-electron chi connectivity index (χ2n) is 5.74. The van der Waals surface area contributed by atoms with E-state index in [0.29, 0.717) is 17.0 Å². The van der Waals surface area contributed by atoms with Crippen molar-refractivity contribution in [2.24, 2.45) is 0 Å². The highest BCUT2D eigenvalue weighted by Gasteiger charge is 2.19. The van der Waals surface area contributed by atoms with Gasteiger partial charge in [0.05, 0.1) is 22.6 Å². The van der Waals surface area contributed by atoms with E-state index in [1.54, 1.807) is 15.6 Å². The van der Waals surface area contributed by atoms with Gasteiger partial charge in [0.1, 0.15) is 11.4 Å². The van der Waals surface area contributed by atoms with Crippen LogP contribution in [0.15, 0.2) is 65.3 Å². The van der Waals surface area contributed by atoms with E-state index in [2.05, 4.69) is 31.3 Å². The molecule has 0 unspecified atom stereocenters.